The molecule has 0 saturated carbocycles. The highest BCUT2D eigenvalue weighted by atomic mass is 16.5. The van der Waals surface area contributed by atoms with Gasteiger partial charge in [0.25, 0.3) is 0 Å². The number of nitrogens with one attached hydrogen (secondary N) is 2. The van der Waals surface area contributed by atoms with Crippen LogP contribution in [0, 0.1) is 17.8 Å². The minimum absolute atomic E-state index is 0.0135. The quantitative estimate of drug-likeness (QED) is 0.395. The third kappa shape index (κ3) is 4.61. The molecule has 6 atom stereocenters. The van der Waals surface area contributed by atoms with Crippen molar-refractivity contribution in [1.29, 1.82) is 0 Å². The number of carbonyl (C=O) groups excluding carboxylic acids is 3. The number of morpholine rings is 1. The molecule has 0 aliphatic carbocycles. The molecule has 10 nitrogen and oxygen atoms in total. The van der Waals surface area contributed by atoms with Gasteiger partial charge in [0.1, 0.15) is 11.6 Å². The molecule has 0 radical (unpaired) electrons. The summed E-state index contributed by atoms with van der Waals surface area (Å²) in [4.78, 5) is 45.1. The molecule has 4 saturated heterocycles. The largest absolute Gasteiger partial charge is 0.396 e. The summed E-state index contributed by atoms with van der Waals surface area (Å²) < 4.78 is 12.1. The van der Waals surface area contributed by atoms with E-state index in [1.54, 1.807) is 4.90 Å². The lowest BCUT2D eigenvalue weighted by Crippen LogP contribution is -2.56. The van der Waals surface area contributed by atoms with E-state index >= 15 is 0 Å². The SMILES string of the molecule is CC1CC23O[C@]1(C)[C@@H](C(=O)NCc1ccccc1)[C@H]2C(=O)N(CCCO)C3C(=O)NCCN1CCOCC1. The summed E-state index contributed by atoms with van der Waals surface area (Å²) >= 11 is 0. The van der Waals surface area contributed by atoms with Crippen LogP contribution < -0.4 is 10.6 Å². The second kappa shape index (κ2) is 10.9. The number of amides is 3. The van der Waals surface area contributed by atoms with Crippen LogP contribution in [0.25, 0.3) is 0 Å². The first-order chi connectivity index (χ1) is 18.3. The minimum Gasteiger partial charge on any atom is -0.396 e. The van der Waals surface area contributed by atoms with Gasteiger partial charge in [-0.15, -0.1) is 0 Å². The summed E-state index contributed by atoms with van der Waals surface area (Å²) in [5.74, 6) is -2.17. The number of nitrogens with zero attached hydrogens (tertiary/aromatic N) is 2. The molecule has 4 aliphatic rings. The van der Waals surface area contributed by atoms with Crippen LogP contribution in [0.1, 0.15) is 32.3 Å². The molecule has 38 heavy (non-hydrogen) atoms. The van der Waals surface area contributed by atoms with E-state index in [9.17, 15) is 19.5 Å². The van der Waals surface area contributed by atoms with Crippen LogP contribution in [0.5, 0.6) is 0 Å². The minimum atomic E-state index is -1.07. The maximum atomic E-state index is 13.9. The lowest BCUT2D eigenvalue weighted by Gasteiger charge is -2.36. The average Bonchev–Trinajstić information content (AvgIpc) is 3.43. The van der Waals surface area contributed by atoms with Crippen LogP contribution >= 0.6 is 0 Å². The Hall–Kier alpha value is -2.53. The molecule has 4 heterocycles. The van der Waals surface area contributed by atoms with Gasteiger partial charge < -0.3 is 30.1 Å². The summed E-state index contributed by atoms with van der Waals surface area (Å²) in [7, 11) is 0. The number of hydrogen-bond donors (Lipinski definition) is 3. The van der Waals surface area contributed by atoms with Gasteiger partial charge in [-0.1, -0.05) is 37.3 Å². The smallest absolute Gasteiger partial charge is 0.245 e. The van der Waals surface area contributed by atoms with Crippen molar-refractivity contribution >= 4 is 17.7 Å². The molecule has 3 N–H and O–H groups in total. The molecule has 1 spiro atoms. The van der Waals surface area contributed by atoms with Gasteiger partial charge in [-0.3, -0.25) is 19.3 Å². The predicted octanol–water partition coefficient (Wildman–Crippen LogP) is 0.144. The zero-order valence-corrected chi connectivity index (χ0v) is 22.4. The van der Waals surface area contributed by atoms with Crippen molar-refractivity contribution in [1.82, 2.24) is 20.4 Å². The number of aliphatic hydroxyl groups is 1. The first-order valence-corrected chi connectivity index (χ1v) is 13.8. The van der Waals surface area contributed by atoms with Crippen LogP contribution in [0.15, 0.2) is 30.3 Å². The summed E-state index contributed by atoms with van der Waals surface area (Å²) in [6.07, 6.45) is 0.878. The van der Waals surface area contributed by atoms with Crippen molar-refractivity contribution in [2.45, 2.75) is 50.5 Å². The molecule has 3 unspecified atom stereocenters. The van der Waals surface area contributed by atoms with E-state index in [0.717, 1.165) is 18.7 Å². The van der Waals surface area contributed by atoms with Crippen LogP contribution in [0.3, 0.4) is 0 Å². The summed E-state index contributed by atoms with van der Waals surface area (Å²) in [5.41, 5.74) is -0.952. The Bertz CT molecular complexity index is 1030. The predicted molar refractivity (Wildman–Crippen MR) is 139 cm³/mol. The topological polar surface area (TPSA) is 120 Å². The second-order valence-electron chi connectivity index (χ2n) is 11.3. The summed E-state index contributed by atoms with van der Waals surface area (Å²) in [6.45, 7) is 8.61. The van der Waals surface area contributed by atoms with Crippen LogP contribution in [-0.4, -0.2) is 102 Å². The molecule has 4 aliphatic heterocycles. The molecule has 10 heteroatoms. The Kier molecular flexibility index (Phi) is 7.77. The zero-order valence-electron chi connectivity index (χ0n) is 22.4. The third-order valence-electron chi connectivity index (χ3n) is 9.04. The third-order valence-corrected chi connectivity index (χ3v) is 9.04. The van der Waals surface area contributed by atoms with Gasteiger partial charge in [-0.2, -0.15) is 0 Å². The number of likely N-dealkylation sites (tertiary alicyclic amines) is 1. The Morgan fingerprint density at radius 2 is 1.84 bits per heavy atom. The molecular weight excluding hydrogens is 488 g/mol. The van der Waals surface area contributed by atoms with Crippen LogP contribution in [0.2, 0.25) is 0 Å². The molecule has 1 aromatic rings. The van der Waals surface area contributed by atoms with E-state index in [4.69, 9.17) is 9.47 Å². The normalized spacial score (nSPS) is 34.4. The van der Waals surface area contributed by atoms with Gasteiger partial charge in [0, 0.05) is 45.9 Å². The molecule has 208 valence electrons. The number of aliphatic hydroxyl groups excluding tert-OH is 1. The van der Waals surface area contributed by atoms with E-state index in [2.05, 4.69) is 15.5 Å². The van der Waals surface area contributed by atoms with E-state index < -0.39 is 29.1 Å². The number of carbonyl (C=O) groups is 3. The molecular formula is C28H40N4O6. The number of ether oxygens (including phenoxy) is 2. The van der Waals surface area contributed by atoms with Crippen molar-refractivity contribution in [3.63, 3.8) is 0 Å². The highest BCUT2D eigenvalue weighted by Gasteiger charge is 2.79. The average molecular weight is 529 g/mol. The van der Waals surface area contributed by atoms with Crippen molar-refractivity contribution in [3.8, 4) is 0 Å². The maximum Gasteiger partial charge on any atom is 0.245 e. The Balaban J connectivity index is 1.37. The van der Waals surface area contributed by atoms with Crippen LogP contribution in [-0.2, 0) is 30.4 Å². The second-order valence-corrected chi connectivity index (χ2v) is 11.3. The Morgan fingerprint density at radius 1 is 1.11 bits per heavy atom. The molecule has 0 aromatic heterocycles. The number of hydrogen-bond acceptors (Lipinski definition) is 7. The lowest BCUT2D eigenvalue weighted by molar-refractivity contribution is -0.147. The van der Waals surface area contributed by atoms with Gasteiger partial charge in [-0.25, -0.2) is 0 Å². The first kappa shape index (κ1) is 27.1. The van der Waals surface area contributed by atoms with Gasteiger partial charge in [0.2, 0.25) is 17.7 Å². The van der Waals surface area contributed by atoms with Gasteiger partial charge in [-0.05, 0) is 31.2 Å². The number of fused-ring (bicyclic) bond motifs is 1. The highest BCUT2D eigenvalue weighted by molar-refractivity contribution is 5.99. The van der Waals surface area contributed by atoms with Crippen LogP contribution in [0.4, 0.5) is 0 Å². The Morgan fingerprint density at radius 3 is 2.55 bits per heavy atom. The van der Waals surface area contributed by atoms with Crippen molar-refractivity contribution < 1.29 is 29.0 Å². The van der Waals surface area contributed by atoms with Crippen molar-refractivity contribution in [3.05, 3.63) is 35.9 Å². The standard InChI is InChI=1S/C28H40N4O6/c1-19-17-28-22(21(27(19,2)38-28)24(34)30-18-20-7-4-3-5-8-20)26(36)32(10-6-14-33)23(28)25(35)29-9-11-31-12-15-37-16-13-31/h3-5,7-8,19,21-23,33H,6,9-18H2,1-2H3,(H,29,35)(H,30,34)/t19?,21-,22+,23?,27+,28?/m1/s1. The molecule has 1 aromatic carbocycles. The summed E-state index contributed by atoms with van der Waals surface area (Å²) in [6, 6.07) is 8.81. The fourth-order valence-corrected chi connectivity index (χ4v) is 7.07. The lowest BCUT2D eigenvalue weighted by atomic mass is 9.62. The van der Waals surface area contributed by atoms with Crippen molar-refractivity contribution in [2.75, 3.05) is 52.5 Å². The van der Waals surface area contributed by atoms with Gasteiger partial charge in [0.05, 0.1) is 30.7 Å². The molecule has 4 fully saturated rings. The highest BCUT2D eigenvalue weighted by Crippen LogP contribution is 2.65. The van der Waals surface area contributed by atoms with E-state index in [1.165, 1.54) is 0 Å². The number of benzene rings is 1. The van der Waals surface area contributed by atoms with Crippen molar-refractivity contribution in [2.24, 2.45) is 17.8 Å². The first-order valence-electron chi connectivity index (χ1n) is 13.8. The zero-order chi connectivity index (χ0) is 26.9. The maximum absolute atomic E-state index is 13.9. The fraction of sp³-hybridized carbons (Fsp3) is 0.679. The van der Waals surface area contributed by atoms with E-state index in [1.807, 2.05) is 44.2 Å². The molecule has 3 amide bonds. The monoisotopic (exact) mass is 528 g/mol. The van der Waals surface area contributed by atoms with E-state index in [-0.39, 0.29) is 36.8 Å². The Labute approximate surface area is 224 Å². The summed E-state index contributed by atoms with van der Waals surface area (Å²) in [5, 5.41) is 15.6. The van der Waals surface area contributed by atoms with Gasteiger partial charge >= 0.3 is 0 Å². The fourth-order valence-electron chi connectivity index (χ4n) is 7.07. The molecule has 2 bridgehead atoms. The van der Waals surface area contributed by atoms with Gasteiger partial charge in [0.15, 0.2) is 0 Å². The van der Waals surface area contributed by atoms with E-state index in [0.29, 0.717) is 45.7 Å². The number of rotatable bonds is 10. The molecule has 5 rings (SSSR count).